The first-order chi connectivity index (χ1) is 12.4. The summed E-state index contributed by atoms with van der Waals surface area (Å²) in [5, 5.41) is 14.1. The van der Waals surface area contributed by atoms with Crippen LogP contribution in [0.1, 0.15) is 30.9 Å². The highest BCUT2D eigenvalue weighted by atomic mass is 35.5. The van der Waals surface area contributed by atoms with Gasteiger partial charge in [-0.3, -0.25) is 4.99 Å². The summed E-state index contributed by atoms with van der Waals surface area (Å²) in [6.45, 7) is 4.14. The summed E-state index contributed by atoms with van der Waals surface area (Å²) in [5.74, 6) is 0.277. The first-order valence-electron chi connectivity index (χ1n) is 8.49. The highest BCUT2D eigenvalue weighted by molar-refractivity contribution is 8.14. The van der Waals surface area contributed by atoms with Crippen LogP contribution in [-0.2, 0) is 0 Å². The average Bonchev–Trinajstić information content (AvgIpc) is 2.96. The molecule has 0 saturated carbocycles. The minimum atomic E-state index is -1.10. The van der Waals surface area contributed by atoms with Crippen LogP contribution in [0.5, 0.6) is 0 Å². The largest absolute Gasteiger partial charge is 0.369 e. The molecule has 6 heteroatoms. The molecule has 2 aromatic carbocycles. The molecule has 1 saturated heterocycles. The van der Waals surface area contributed by atoms with Crippen LogP contribution < -0.4 is 0 Å². The maximum absolute atomic E-state index is 11.9. The molecule has 26 heavy (non-hydrogen) atoms. The van der Waals surface area contributed by atoms with Crippen molar-refractivity contribution in [2.45, 2.75) is 31.5 Å². The molecule has 0 bridgehead atoms. The van der Waals surface area contributed by atoms with Crippen LogP contribution in [0.4, 0.5) is 0 Å². The van der Waals surface area contributed by atoms with E-state index in [0.29, 0.717) is 15.8 Å². The van der Waals surface area contributed by atoms with Crippen LogP contribution in [0.25, 0.3) is 0 Å². The van der Waals surface area contributed by atoms with E-state index in [-0.39, 0.29) is 12.0 Å². The quantitative estimate of drug-likeness (QED) is 0.749. The Hall–Kier alpha value is -1.20. The lowest BCUT2D eigenvalue weighted by Crippen LogP contribution is -2.55. The van der Waals surface area contributed by atoms with Crippen LogP contribution in [-0.4, -0.2) is 39.7 Å². The number of hydrogen-bond acceptors (Lipinski definition) is 3. The number of aliphatic hydroxyl groups is 1. The van der Waals surface area contributed by atoms with E-state index in [9.17, 15) is 5.11 Å². The molecule has 3 rings (SSSR count). The Morgan fingerprint density at radius 1 is 1.00 bits per heavy atom. The fourth-order valence-electron chi connectivity index (χ4n) is 3.57. The van der Waals surface area contributed by atoms with Gasteiger partial charge in [-0.15, -0.1) is 0 Å². The van der Waals surface area contributed by atoms with Gasteiger partial charge in [0.1, 0.15) is 0 Å². The molecule has 0 aliphatic carbocycles. The van der Waals surface area contributed by atoms with Crippen LogP contribution in [0, 0.1) is 0 Å². The number of aliphatic imine (C=N–C) groups is 1. The second-order valence-corrected chi connectivity index (χ2v) is 8.49. The minimum absolute atomic E-state index is 0.107. The molecule has 2 aromatic rings. The molecule has 1 N–H and O–H groups in total. The number of nitrogens with zero attached hydrogens (tertiary/aromatic N) is 2. The van der Waals surface area contributed by atoms with Gasteiger partial charge in [-0.25, -0.2) is 0 Å². The fraction of sp³-hybridized carbons (Fsp3) is 0.350. The summed E-state index contributed by atoms with van der Waals surface area (Å²) >= 11 is 13.8. The molecular formula is C20H22Cl2N2OS. The molecule has 1 aliphatic heterocycles. The molecule has 1 heterocycles. The Kier molecular flexibility index (Phi) is 5.88. The molecule has 0 radical (unpaired) electrons. The van der Waals surface area contributed by atoms with Crippen LogP contribution in [0.15, 0.2) is 53.5 Å². The van der Waals surface area contributed by atoms with Crippen molar-refractivity contribution in [3.63, 3.8) is 0 Å². The van der Waals surface area contributed by atoms with E-state index >= 15 is 0 Å². The highest BCUT2D eigenvalue weighted by Gasteiger charge is 2.51. The first-order valence-corrected chi connectivity index (χ1v) is 10.2. The number of thioether (sulfide) groups is 1. The van der Waals surface area contributed by atoms with Crippen molar-refractivity contribution in [2.24, 2.45) is 4.99 Å². The molecular weight excluding hydrogens is 387 g/mol. The van der Waals surface area contributed by atoms with E-state index in [1.165, 1.54) is 0 Å². The van der Waals surface area contributed by atoms with Gasteiger partial charge in [-0.2, -0.15) is 0 Å². The van der Waals surface area contributed by atoms with Crippen molar-refractivity contribution in [2.75, 3.05) is 12.8 Å². The van der Waals surface area contributed by atoms with E-state index in [4.69, 9.17) is 23.2 Å². The van der Waals surface area contributed by atoms with Crippen molar-refractivity contribution >= 4 is 40.1 Å². The summed E-state index contributed by atoms with van der Waals surface area (Å²) in [7, 11) is 1.77. The maximum atomic E-state index is 11.9. The van der Waals surface area contributed by atoms with Crippen molar-refractivity contribution < 1.29 is 5.11 Å². The number of amidine groups is 1. The van der Waals surface area contributed by atoms with E-state index < -0.39 is 5.72 Å². The summed E-state index contributed by atoms with van der Waals surface area (Å²) in [5.41, 5.74) is 0.903. The van der Waals surface area contributed by atoms with Gasteiger partial charge in [-0.05, 0) is 49.2 Å². The average molecular weight is 409 g/mol. The summed E-state index contributed by atoms with van der Waals surface area (Å²) in [6, 6.07) is 15.5. The lowest BCUT2D eigenvalue weighted by Gasteiger charge is -2.43. The zero-order valence-electron chi connectivity index (χ0n) is 15.0. The molecule has 1 atom stereocenters. The lowest BCUT2D eigenvalue weighted by atomic mass is 9.82. The van der Waals surface area contributed by atoms with Gasteiger partial charge in [-0.1, -0.05) is 59.2 Å². The maximum Gasteiger partial charge on any atom is 0.161 e. The van der Waals surface area contributed by atoms with Crippen LogP contribution in [0.3, 0.4) is 0 Å². The molecule has 0 aromatic heterocycles. The van der Waals surface area contributed by atoms with Gasteiger partial charge in [0.15, 0.2) is 10.9 Å². The topological polar surface area (TPSA) is 35.8 Å². The van der Waals surface area contributed by atoms with Gasteiger partial charge in [0, 0.05) is 23.1 Å². The summed E-state index contributed by atoms with van der Waals surface area (Å²) in [6.07, 6.45) is 0. The van der Waals surface area contributed by atoms with Gasteiger partial charge in [0.2, 0.25) is 0 Å². The molecule has 1 fully saturated rings. The Bertz CT molecular complexity index is 747. The van der Waals surface area contributed by atoms with Crippen molar-refractivity contribution in [1.82, 2.24) is 4.90 Å². The Morgan fingerprint density at radius 2 is 1.46 bits per heavy atom. The number of halogens is 2. The number of hydrogen-bond donors (Lipinski definition) is 1. The third-order valence-electron chi connectivity index (χ3n) is 4.61. The third-order valence-corrected chi connectivity index (χ3v) is 6.32. The van der Waals surface area contributed by atoms with Crippen LogP contribution in [0.2, 0.25) is 10.0 Å². The second-order valence-electron chi connectivity index (χ2n) is 6.67. The smallest absolute Gasteiger partial charge is 0.161 e. The lowest BCUT2D eigenvalue weighted by molar-refractivity contribution is -0.0684. The molecule has 0 amide bonds. The predicted molar refractivity (Wildman–Crippen MR) is 112 cm³/mol. The van der Waals surface area contributed by atoms with Crippen molar-refractivity contribution in [1.29, 1.82) is 0 Å². The van der Waals surface area contributed by atoms with Crippen molar-refractivity contribution in [3.8, 4) is 0 Å². The fourth-order valence-corrected chi connectivity index (χ4v) is 5.11. The normalized spacial score (nSPS) is 22.0. The Labute approximate surface area is 169 Å². The molecule has 3 nitrogen and oxygen atoms in total. The van der Waals surface area contributed by atoms with Gasteiger partial charge >= 0.3 is 0 Å². The molecule has 1 aliphatic rings. The SMILES string of the molecule is CN=C1SCC(O)(C(c2ccc(Cl)cc2)c2ccc(Cl)cc2)N1C(C)C. The predicted octanol–water partition coefficient (Wildman–Crippen LogP) is 5.26. The minimum Gasteiger partial charge on any atom is -0.369 e. The van der Waals surface area contributed by atoms with E-state index in [0.717, 1.165) is 16.3 Å². The highest BCUT2D eigenvalue weighted by Crippen LogP contribution is 2.46. The van der Waals surface area contributed by atoms with Crippen LogP contribution >= 0.6 is 35.0 Å². The Balaban J connectivity index is 2.16. The molecule has 0 spiro atoms. The van der Waals surface area contributed by atoms with E-state index in [2.05, 4.69) is 18.8 Å². The summed E-state index contributed by atoms with van der Waals surface area (Å²) in [4.78, 5) is 6.41. The third kappa shape index (κ3) is 3.61. The standard InChI is InChI=1S/C20H22Cl2N2OS/c1-13(2)24-19(23-3)26-12-20(24,25)18(14-4-8-16(21)9-5-14)15-6-10-17(22)11-7-15/h4-11,13,18,25H,12H2,1-3H3. The zero-order valence-corrected chi connectivity index (χ0v) is 17.3. The van der Waals surface area contributed by atoms with Crippen molar-refractivity contribution in [3.05, 3.63) is 69.7 Å². The molecule has 1 unspecified atom stereocenters. The molecule has 138 valence electrons. The van der Waals surface area contributed by atoms with Gasteiger partial charge in [0.05, 0.1) is 11.7 Å². The van der Waals surface area contributed by atoms with Gasteiger partial charge < -0.3 is 10.0 Å². The Morgan fingerprint density at radius 3 is 1.85 bits per heavy atom. The summed E-state index contributed by atoms with van der Waals surface area (Å²) < 4.78 is 0. The monoisotopic (exact) mass is 408 g/mol. The zero-order chi connectivity index (χ0) is 18.9. The van der Waals surface area contributed by atoms with Gasteiger partial charge in [0.25, 0.3) is 0 Å². The second kappa shape index (κ2) is 7.81. The first kappa shape index (κ1) is 19.6. The van der Waals surface area contributed by atoms with E-state index in [1.807, 2.05) is 53.4 Å². The number of rotatable bonds is 4. The van der Waals surface area contributed by atoms with E-state index in [1.54, 1.807) is 18.8 Å². The number of benzene rings is 2.